The Labute approximate surface area is 129 Å². The lowest BCUT2D eigenvalue weighted by atomic mass is 9.56. The molecular weight excluding hydrogens is 276 g/mol. The lowest BCUT2D eigenvalue weighted by Crippen LogP contribution is -2.42. The van der Waals surface area contributed by atoms with Crippen LogP contribution in [0.25, 0.3) is 0 Å². The Balaban J connectivity index is 2.28. The Morgan fingerprint density at radius 3 is 2.52 bits per heavy atom. The largest absolute Gasteiger partial charge is 0.295 e. The van der Waals surface area contributed by atoms with Crippen LogP contribution in [0.4, 0.5) is 0 Å². The Bertz CT molecular complexity index is 566. The summed E-state index contributed by atoms with van der Waals surface area (Å²) in [7, 11) is -1.34. The van der Waals surface area contributed by atoms with Gasteiger partial charge >= 0.3 is 0 Å². The first-order chi connectivity index (χ1) is 9.57. The molecule has 1 fully saturated rings. The molecule has 2 aliphatic rings. The average molecular weight is 302 g/mol. The molecule has 0 amide bonds. The van der Waals surface area contributed by atoms with Crippen LogP contribution in [0.15, 0.2) is 11.6 Å². The van der Waals surface area contributed by atoms with E-state index in [2.05, 4.69) is 45.0 Å². The van der Waals surface area contributed by atoms with Crippen LogP contribution in [0.3, 0.4) is 0 Å². The van der Waals surface area contributed by atoms with Gasteiger partial charge in [-0.3, -0.25) is 9.59 Å². The van der Waals surface area contributed by atoms with Crippen molar-refractivity contribution in [1.82, 2.24) is 0 Å². The van der Waals surface area contributed by atoms with Crippen molar-refractivity contribution in [3.63, 3.8) is 0 Å². The molecule has 0 bridgehead atoms. The number of allylic oxidation sites excluding steroid dienone is 2. The predicted octanol–water partition coefficient (Wildman–Crippen LogP) is 3.92. The second kappa shape index (κ2) is 5.25. The number of rotatable bonds is 2. The van der Waals surface area contributed by atoms with Crippen LogP contribution in [-0.2, 0) is 9.59 Å². The maximum atomic E-state index is 12.2. The molecule has 3 heteroatoms. The highest BCUT2D eigenvalue weighted by atomic mass is 28.3. The number of ketones is 2. The van der Waals surface area contributed by atoms with Gasteiger partial charge in [0, 0.05) is 30.3 Å². The fourth-order valence-corrected chi connectivity index (χ4v) is 4.46. The molecule has 0 unspecified atom stereocenters. The Morgan fingerprint density at radius 1 is 1.24 bits per heavy atom. The molecule has 2 nitrogen and oxygen atoms in total. The van der Waals surface area contributed by atoms with Crippen molar-refractivity contribution in [2.45, 2.75) is 65.6 Å². The summed E-state index contributed by atoms with van der Waals surface area (Å²) in [6, 6.07) is 0. The van der Waals surface area contributed by atoms with Gasteiger partial charge in [0.15, 0.2) is 11.6 Å². The van der Waals surface area contributed by atoms with E-state index < -0.39 is 8.07 Å². The molecule has 0 aromatic rings. The Morgan fingerprint density at radius 2 is 1.90 bits per heavy atom. The van der Waals surface area contributed by atoms with Gasteiger partial charge < -0.3 is 0 Å². The van der Waals surface area contributed by atoms with Gasteiger partial charge in [-0.15, -0.1) is 11.5 Å². The third kappa shape index (κ3) is 3.06. The van der Waals surface area contributed by atoms with Crippen molar-refractivity contribution in [2.75, 3.05) is 0 Å². The number of hydrogen-bond acceptors (Lipinski definition) is 2. The molecule has 0 radical (unpaired) electrons. The number of fused-ring (bicyclic) bond motifs is 1. The fraction of sp³-hybridized carbons (Fsp3) is 0.667. The van der Waals surface area contributed by atoms with E-state index in [1.54, 1.807) is 6.08 Å². The minimum absolute atomic E-state index is 0.106. The number of carbonyl (C=O) groups excluding carboxylic acids is 2. The maximum Gasteiger partial charge on any atom is 0.159 e. The zero-order valence-electron chi connectivity index (χ0n) is 13.9. The van der Waals surface area contributed by atoms with E-state index in [9.17, 15) is 9.59 Å². The molecular formula is C18H26O2Si. The van der Waals surface area contributed by atoms with Crippen molar-refractivity contribution in [3.05, 3.63) is 11.6 Å². The molecule has 0 heterocycles. The van der Waals surface area contributed by atoms with Crippen molar-refractivity contribution < 1.29 is 9.59 Å². The van der Waals surface area contributed by atoms with E-state index >= 15 is 0 Å². The quantitative estimate of drug-likeness (QED) is 0.572. The molecule has 2 rings (SSSR count). The molecule has 1 saturated carbocycles. The smallest absolute Gasteiger partial charge is 0.159 e. The summed E-state index contributed by atoms with van der Waals surface area (Å²) >= 11 is 0. The predicted molar refractivity (Wildman–Crippen MR) is 88.5 cm³/mol. The zero-order chi connectivity index (χ0) is 15.9. The van der Waals surface area contributed by atoms with Crippen molar-refractivity contribution in [3.8, 4) is 11.5 Å². The van der Waals surface area contributed by atoms with Crippen LogP contribution in [0.2, 0.25) is 19.6 Å². The molecule has 114 valence electrons. The first kappa shape index (κ1) is 16.2. The zero-order valence-corrected chi connectivity index (χ0v) is 14.9. The van der Waals surface area contributed by atoms with Gasteiger partial charge in [0.1, 0.15) is 8.07 Å². The lowest BCUT2D eigenvalue weighted by Gasteiger charge is -2.47. The second-order valence-electron chi connectivity index (χ2n) is 8.14. The van der Waals surface area contributed by atoms with Crippen LogP contribution in [0.1, 0.15) is 46.0 Å². The topological polar surface area (TPSA) is 34.1 Å². The van der Waals surface area contributed by atoms with Gasteiger partial charge in [-0.1, -0.05) is 33.5 Å². The molecule has 0 aliphatic heterocycles. The third-order valence-corrected chi connectivity index (χ3v) is 5.88. The monoisotopic (exact) mass is 302 g/mol. The molecule has 0 saturated heterocycles. The minimum atomic E-state index is -1.34. The van der Waals surface area contributed by atoms with E-state index in [0.29, 0.717) is 12.8 Å². The number of carbonyl (C=O) groups is 2. The highest BCUT2D eigenvalue weighted by Crippen LogP contribution is 2.59. The van der Waals surface area contributed by atoms with Gasteiger partial charge in [-0.05, 0) is 24.3 Å². The average Bonchev–Trinajstić information content (AvgIpc) is 2.63. The van der Waals surface area contributed by atoms with E-state index in [1.165, 1.54) is 0 Å². The van der Waals surface area contributed by atoms with Crippen LogP contribution in [0.5, 0.6) is 0 Å². The van der Waals surface area contributed by atoms with Crippen LogP contribution < -0.4 is 0 Å². The molecule has 2 aliphatic carbocycles. The summed E-state index contributed by atoms with van der Waals surface area (Å²) in [5.41, 5.74) is 3.92. The summed E-state index contributed by atoms with van der Waals surface area (Å²) in [5.74, 6) is 3.61. The fourth-order valence-electron chi connectivity index (χ4n) is 3.80. The summed E-state index contributed by atoms with van der Waals surface area (Å²) in [5, 5.41) is 0. The molecule has 21 heavy (non-hydrogen) atoms. The molecule has 0 spiro atoms. The van der Waals surface area contributed by atoms with Crippen LogP contribution >= 0.6 is 0 Å². The van der Waals surface area contributed by atoms with Crippen LogP contribution in [-0.4, -0.2) is 19.6 Å². The maximum absolute atomic E-state index is 12.2. The standard InChI is InChI=1S/C18H26O2Si/c1-17(2)13-14(19)12-15-16(20)8-10-18(15,17)9-6-7-11-21(3,4)5/h12H,6,8-10,13H2,1-5H3/t18-/m0/s1. The van der Waals surface area contributed by atoms with Gasteiger partial charge in [0.05, 0.1) is 0 Å². The van der Waals surface area contributed by atoms with Crippen molar-refractivity contribution in [1.29, 1.82) is 0 Å². The van der Waals surface area contributed by atoms with Crippen molar-refractivity contribution >= 4 is 19.6 Å². The first-order valence-electron chi connectivity index (χ1n) is 7.86. The summed E-state index contributed by atoms with van der Waals surface area (Å²) in [4.78, 5) is 24.1. The number of hydrogen-bond donors (Lipinski definition) is 0. The van der Waals surface area contributed by atoms with Crippen LogP contribution in [0, 0.1) is 22.3 Å². The van der Waals surface area contributed by atoms with E-state index in [-0.39, 0.29) is 22.4 Å². The summed E-state index contributed by atoms with van der Waals surface area (Å²) in [6.45, 7) is 11.0. The van der Waals surface area contributed by atoms with E-state index in [0.717, 1.165) is 24.8 Å². The van der Waals surface area contributed by atoms with E-state index in [4.69, 9.17) is 0 Å². The van der Waals surface area contributed by atoms with Gasteiger partial charge in [-0.2, -0.15) is 0 Å². The molecule has 0 aromatic carbocycles. The normalized spacial score (nSPS) is 27.8. The third-order valence-electron chi connectivity index (χ3n) is 4.95. The Hall–Kier alpha value is -1.14. The summed E-state index contributed by atoms with van der Waals surface area (Å²) in [6.07, 6.45) is 5.38. The second-order valence-corrected chi connectivity index (χ2v) is 12.9. The van der Waals surface area contributed by atoms with Gasteiger partial charge in [0.2, 0.25) is 0 Å². The molecule has 1 atom stereocenters. The van der Waals surface area contributed by atoms with Gasteiger partial charge in [0.25, 0.3) is 0 Å². The SMILES string of the molecule is CC1(C)CC(=O)C=C2C(=O)CC[C@@]21CCC#C[Si](C)(C)C. The minimum Gasteiger partial charge on any atom is -0.295 e. The highest BCUT2D eigenvalue weighted by Gasteiger charge is 2.55. The highest BCUT2D eigenvalue weighted by molar-refractivity contribution is 6.83. The summed E-state index contributed by atoms with van der Waals surface area (Å²) < 4.78 is 0. The van der Waals surface area contributed by atoms with Crippen molar-refractivity contribution in [2.24, 2.45) is 10.8 Å². The van der Waals surface area contributed by atoms with E-state index in [1.807, 2.05) is 0 Å². The lowest BCUT2D eigenvalue weighted by molar-refractivity contribution is -0.121. The first-order valence-corrected chi connectivity index (χ1v) is 11.4. The number of Topliss-reactive ketones (excluding diaryl/α,β-unsaturated/α-hetero) is 1. The molecule has 0 N–H and O–H groups in total. The molecule has 0 aromatic heterocycles. The van der Waals surface area contributed by atoms with Gasteiger partial charge in [-0.25, -0.2) is 0 Å². The Kier molecular flexibility index (Phi) is 4.05.